The molecule has 3 rings (SSSR count). The highest BCUT2D eigenvalue weighted by Gasteiger charge is 2.09. The fourth-order valence-electron chi connectivity index (χ4n) is 2.53. The molecule has 0 spiro atoms. The van der Waals surface area contributed by atoms with Gasteiger partial charge in [-0.2, -0.15) is 0 Å². The molecule has 2 aromatic carbocycles. The molecule has 120 valence electrons. The number of nitrogens with zero attached hydrogens (tertiary/aromatic N) is 1. The fraction of sp³-hybridized carbons (Fsp3) is 0.0526. The van der Waals surface area contributed by atoms with E-state index in [1.54, 1.807) is 18.3 Å². The first kappa shape index (κ1) is 15.7. The van der Waals surface area contributed by atoms with Crippen LogP contribution in [0.5, 0.6) is 0 Å². The van der Waals surface area contributed by atoms with E-state index < -0.39 is 11.7 Å². The highest BCUT2D eigenvalue weighted by Crippen LogP contribution is 2.30. The molecule has 24 heavy (non-hydrogen) atoms. The molecule has 0 saturated carbocycles. The van der Waals surface area contributed by atoms with Gasteiger partial charge in [0.2, 0.25) is 5.91 Å². The smallest absolute Gasteiger partial charge is 0.247 e. The molecule has 0 unspecified atom stereocenters. The third-order valence-electron chi connectivity index (χ3n) is 3.75. The molecule has 0 bridgehead atoms. The third-order valence-corrected chi connectivity index (χ3v) is 3.75. The summed E-state index contributed by atoms with van der Waals surface area (Å²) >= 11 is 0. The van der Waals surface area contributed by atoms with Crippen molar-refractivity contribution in [2.24, 2.45) is 0 Å². The highest BCUT2D eigenvalue weighted by molar-refractivity contribution is 5.99. The number of carbonyl (C=O) groups excluding carboxylic acids is 1. The van der Waals surface area contributed by atoms with E-state index in [4.69, 9.17) is 0 Å². The Labute approximate surface area is 139 Å². The van der Waals surface area contributed by atoms with Crippen LogP contribution < -0.4 is 10.6 Å². The summed E-state index contributed by atoms with van der Waals surface area (Å²) in [5.41, 5.74) is 3.65. The Morgan fingerprint density at radius 1 is 1.12 bits per heavy atom. The molecule has 2 N–H and O–H groups in total. The minimum absolute atomic E-state index is 0.123. The zero-order valence-corrected chi connectivity index (χ0v) is 13.1. The molecule has 0 atom stereocenters. The first-order chi connectivity index (χ1) is 11.6. The van der Waals surface area contributed by atoms with Crippen LogP contribution in [0.1, 0.15) is 0 Å². The Morgan fingerprint density at radius 3 is 2.62 bits per heavy atom. The van der Waals surface area contributed by atoms with E-state index in [-0.39, 0.29) is 5.69 Å². The van der Waals surface area contributed by atoms with Crippen LogP contribution in [-0.2, 0) is 4.79 Å². The van der Waals surface area contributed by atoms with Gasteiger partial charge in [-0.25, -0.2) is 4.39 Å². The lowest BCUT2D eigenvalue weighted by molar-refractivity contribution is -0.111. The summed E-state index contributed by atoms with van der Waals surface area (Å²) in [5, 5.41) is 6.58. The van der Waals surface area contributed by atoms with E-state index in [0.29, 0.717) is 0 Å². The van der Waals surface area contributed by atoms with Crippen molar-refractivity contribution in [2.45, 2.75) is 0 Å². The van der Waals surface area contributed by atoms with Gasteiger partial charge in [-0.15, -0.1) is 0 Å². The van der Waals surface area contributed by atoms with Crippen molar-refractivity contribution in [3.63, 3.8) is 0 Å². The van der Waals surface area contributed by atoms with Gasteiger partial charge in [-0.05, 0) is 47.5 Å². The molecule has 0 aliphatic heterocycles. The van der Waals surface area contributed by atoms with Crippen molar-refractivity contribution in [1.82, 2.24) is 4.98 Å². The Bertz CT molecular complexity index is 937. The average Bonchev–Trinajstić information content (AvgIpc) is 2.62. The van der Waals surface area contributed by atoms with E-state index in [1.807, 2.05) is 31.3 Å². The summed E-state index contributed by atoms with van der Waals surface area (Å²) < 4.78 is 13.9. The van der Waals surface area contributed by atoms with Crippen LogP contribution in [0.25, 0.3) is 22.0 Å². The summed E-state index contributed by atoms with van der Waals surface area (Å²) in [6.07, 6.45) is 2.85. The van der Waals surface area contributed by atoms with Crippen LogP contribution in [0.4, 0.5) is 15.8 Å². The number of carbonyl (C=O) groups is 1. The molecule has 5 heteroatoms. The Balaban J connectivity index is 2.08. The lowest BCUT2D eigenvalue weighted by Gasteiger charge is -2.10. The van der Waals surface area contributed by atoms with Crippen molar-refractivity contribution < 1.29 is 9.18 Å². The molecule has 0 fully saturated rings. The van der Waals surface area contributed by atoms with Crippen LogP contribution >= 0.6 is 0 Å². The summed E-state index contributed by atoms with van der Waals surface area (Å²) in [6.45, 7) is 3.37. The number of benzene rings is 2. The topological polar surface area (TPSA) is 54.0 Å². The molecule has 1 aromatic heterocycles. The molecule has 0 radical (unpaired) electrons. The second-order valence-corrected chi connectivity index (χ2v) is 5.23. The van der Waals surface area contributed by atoms with Crippen molar-refractivity contribution in [3.05, 3.63) is 67.1 Å². The van der Waals surface area contributed by atoms with Gasteiger partial charge in [0.1, 0.15) is 5.82 Å². The zero-order chi connectivity index (χ0) is 17.1. The molecular formula is C19H16FN3O. The lowest BCUT2D eigenvalue weighted by Crippen LogP contribution is -2.08. The number of rotatable bonds is 4. The van der Waals surface area contributed by atoms with Crippen molar-refractivity contribution in [3.8, 4) is 11.1 Å². The van der Waals surface area contributed by atoms with Crippen LogP contribution in [0, 0.1) is 5.82 Å². The molecule has 3 aromatic rings. The summed E-state index contributed by atoms with van der Waals surface area (Å²) in [4.78, 5) is 15.8. The van der Waals surface area contributed by atoms with Gasteiger partial charge in [0.25, 0.3) is 0 Å². The van der Waals surface area contributed by atoms with Crippen LogP contribution in [0.15, 0.2) is 61.3 Å². The average molecular weight is 321 g/mol. The van der Waals surface area contributed by atoms with Gasteiger partial charge in [-0.3, -0.25) is 9.78 Å². The maximum atomic E-state index is 13.9. The second kappa shape index (κ2) is 6.50. The molecule has 0 saturated heterocycles. The molecule has 0 aliphatic rings. The Morgan fingerprint density at radius 2 is 1.88 bits per heavy atom. The van der Waals surface area contributed by atoms with Crippen molar-refractivity contribution in [1.29, 1.82) is 0 Å². The van der Waals surface area contributed by atoms with E-state index in [1.165, 1.54) is 6.07 Å². The monoisotopic (exact) mass is 321 g/mol. The van der Waals surface area contributed by atoms with E-state index in [2.05, 4.69) is 22.2 Å². The van der Waals surface area contributed by atoms with E-state index in [9.17, 15) is 9.18 Å². The van der Waals surface area contributed by atoms with Crippen LogP contribution in [0.3, 0.4) is 0 Å². The van der Waals surface area contributed by atoms with Gasteiger partial charge in [0.05, 0.1) is 11.2 Å². The van der Waals surface area contributed by atoms with Crippen molar-refractivity contribution >= 4 is 28.2 Å². The van der Waals surface area contributed by atoms with Crippen LogP contribution in [-0.4, -0.2) is 17.9 Å². The molecule has 1 amide bonds. The van der Waals surface area contributed by atoms with Gasteiger partial charge >= 0.3 is 0 Å². The van der Waals surface area contributed by atoms with E-state index >= 15 is 0 Å². The summed E-state index contributed by atoms with van der Waals surface area (Å²) in [7, 11) is 1.85. The first-order valence-electron chi connectivity index (χ1n) is 7.42. The van der Waals surface area contributed by atoms with Crippen molar-refractivity contribution in [2.75, 3.05) is 17.7 Å². The number of aromatic nitrogens is 1. The highest BCUT2D eigenvalue weighted by atomic mass is 19.1. The summed E-state index contributed by atoms with van der Waals surface area (Å²) in [5.74, 6) is -0.946. The Kier molecular flexibility index (Phi) is 4.24. The number of halogens is 1. The van der Waals surface area contributed by atoms with Gasteiger partial charge in [0, 0.05) is 24.3 Å². The minimum atomic E-state index is -0.493. The fourth-order valence-corrected chi connectivity index (χ4v) is 2.53. The summed E-state index contributed by atoms with van der Waals surface area (Å²) in [6, 6.07) is 12.3. The number of hydrogen-bond donors (Lipinski definition) is 2. The maximum absolute atomic E-state index is 13.9. The van der Waals surface area contributed by atoms with Gasteiger partial charge < -0.3 is 10.6 Å². The SMILES string of the molecule is C=CC(=O)Nc1cc(-c2ccc3nccc(NC)c3c2)ccc1F. The zero-order valence-electron chi connectivity index (χ0n) is 13.1. The number of nitrogens with one attached hydrogen (secondary N) is 2. The maximum Gasteiger partial charge on any atom is 0.247 e. The molecule has 1 heterocycles. The molecular weight excluding hydrogens is 305 g/mol. The van der Waals surface area contributed by atoms with Gasteiger partial charge in [-0.1, -0.05) is 18.7 Å². The molecule has 0 aliphatic carbocycles. The number of pyridine rings is 1. The first-order valence-corrected chi connectivity index (χ1v) is 7.42. The van der Waals surface area contributed by atoms with E-state index in [0.717, 1.165) is 33.8 Å². The number of amides is 1. The number of anilines is 2. The standard InChI is InChI=1S/C19H16FN3O/c1-3-19(24)23-18-11-13(4-6-15(18)20)12-5-7-17-14(10-12)16(21-2)8-9-22-17/h3-11H,1H2,2H3,(H,21,22)(H,23,24). The number of hydrogen-bond acceptors (Lipinski definition) is 3. The predicted octanol–water partition coefficient (Wildman–Crippen LogP) is 4.21. The van der Waals surface area contributed by atoms with Gasteiger partial charge in [0.15, 0.2) is 0 Å². The van der Waals surface area contributed by atoms with Crippen LogP contribution in [0.2, 0.25) is 0 Å². The second-order valence-electron chi connectivity index (χ2n) is 5.23. The quantitative estimate of drug-likeness (QED) is 0.708. The lowest BCUT2D eigenvalue weighted by atomic mass is 10.0. The number of fused-ring (bicyclic) bond motifs is 1. The predicted molar refractivity (Wildman–Crippen MR) is 95.5 cm³/mol. The Hall–Kier alpha value is -3.21. The largest absolute Gasteiger partial charge is 0.388 e. The third kappa shape index (κ3) is 2.96. The molecule has 4 nitrogen and oxygen atoms in total. The normalized spacial score (nSPS) is 10.4. The minimum Gasteiger partial charge on any atom is -0.388 e.